The van der Waals surface area contributed by atoms with Crippen molar-refractivity contribution >= 4 is 33.5 Å². The lowest BCUT2D eigenvalue weighted by Crippen LogP contribution is -2.10. The molecule has 0 atom stereocenters. The summed E-state index contributed by atoms with van der Waals surface area (Å²) in [4.78, 5) is 31.8. The lowest BCUT2D eigenvalue weighted by Gasteiger charge is -2.08. The Morgan fingerprint density at radius 2 is 0.926 bits per heavy atom. The number of carbonyl (C=O) groups is 2. The van der Waals surface area contributed by atoms with Crippen LogP contribution in [0.4, 0.5) is 0 Å². The van der Waals surface area contributed by atoms with E-state index >= 15 is 0 Å². The minimum absolute atomic E-state index is 0.153. The van der Waals surface area contributed by atoms with Gasteiger partial charge in [-0.3, -0.25) is 9.97 Å². The molecule has 0 radical (unpaired) electrons. The fourth-order valence-electron chi connectivity index (χ4n) is 5.57. The minimum Gasteiger partial charge on any atom is -0.490 e. The number of esters is 2. The van der Waals surface area contributed by atoms with Crippen molar-refractivity contribution in [2.75, 3.05) is 26.4 Å². The highest BCUT2D eigenvalue weighted by Gasteiger charge is 2.10. The summed E-state index contributed by atoms with van der Waals surface area (Å²) in [6.45, 7) is 11.6. The maximum absolute atomic E-state index is 11.2. The van der Waals surface area contributed by atoms with Crippen LogP contribution in [0.2, 0.25) is 0 Å². The third-order valence-electron chi connectivity index (χ3n) is 8.23. The van der Waals surface area contributed by atoms with Crippen molar-refractivity contribution in [1.29, 1.82) is 0 Å². The predicted octanol–water partition coefficient (Wildman–Crippen LogP) is 8.08. The Labute approximate surface area is 314 Å². The van der Waals surface area contributed by atoms with E-state index in [1.54, 1.807) is 12.4 Å². The summed E-state index contributed by atoms with van der Waals surface area (Å²) >= 11 is 0. The third kappa shape index (κ3) is 9.58. The molecular formula is C46H36N2O6. The summed E-state index contributed by atoms with van der Waals surface area (Å²) in [5, 5.41) is 4.10. The first kappa shape index (κ1) is 36.6. The molecule has 6 rings (SSSR count). The smallest absolute Gasteiger partial charge is 0.330 e. The zero-order valence-electron chi connectivity index (χ0n) is 30.0. The van der Waals surface area contributed by atoms with Gasteiger partial charge in [-0.2, -0.15) is 0 Å². The normalized spacial score (nSPS) is 10.3. The molecule has 0 spiro atoms. The Kier molecular flexibility index (Phi) is 11.8. The monoisotopic (exact) mass is 712 g/mol. The van der Waals surface area contributed by atoms with E-state index in [2.05, 4.69) is 36.8 Å². The van der Waals surface area contributed by atoms with Gasteiger partial charge in [0.1, 0.15) is 37.9 Å². The summed E-state index contributed by atoms with van der Waals surface area (Å²) in [5.74, 6) is 13.4. The molecule has 6 aromatic rings. The van der Waals surface area contributed by atoms with E-state index in [4.69, 9.17) is 28.9 Å². The standard InChI is InChI=1S/C46H36N2O6/c1-5-43(49)53-21-19-51-41-17-15-37-25-33(11-13-39(37)27-41)7-9-35-23-31(3)45(47-29-35)46-32(4)24-36(30-48-46)10-8-34-12-14-40-28-42(18-16-38(40)26-34)52-20-22-54-44(50)6-2/h5-6,11-18,23-30H,1-2,19-22H2,3-4H3. The molecule has 0 saturated carbocycles. The van der Waals surface area contributed by atoms with E-state index in [9.17, 15) is 9.59 Å². The average molecular weight is 713 g/mol. The highest BCUT2D eigenvalue weighted by atomic mass is 16.6. The zero-order valence-corrected chi connectivity index (χ0v) is 30.0. The van der Waals surface area contributed by atoms with Gasteiger partial charge in [0, 0.05) is 46.8 Å². The van der Waals surface area contributed by atoms with Crippen LogP contribution in [-0.4, -0.2) is 48.3 Å². The van der Waals surface area contributed by atoms with Gasteiger partial charge >= 0.3 is 11.9 Å². The molecule has 0 aliphatic carbocycles. The van der Waals surface area contributed by atoms with Gasteiger partial charge in [0.15, 0.2) is 0 Å². The first-order chi connectivity index (χ1) is 26.3. The SMILES string of the molecule is C=CC(=O)OCCOc1ccc2cc(C#Cc3cnc(-c4ncc(C#Cc5ccc6cc(OCCOC(=O)C=C)ccc6c5)cc4C)c(C)c3)ccc2c1. The van der Waals surface area contributed by atoms with Crippen molar-refractivity contribution in [1.82, 2.24) is 9.97 Å². The van der Waals surface area contributed by atoms with Crippen LogP contribution >= 0.6 is 0 Å². The molecule has 8 heteroatoms. The van der Waals surface area contributed by atoms with Crippen LogP contribution in [0.5, 0.6) is 11.5 Å². The molecular weight excluding hydrogens is 677 g/mol. The van der Waals surface area contributed by atoms with Crippen LogP contribution in [-0.2, 0) is 19.1 Å². The second kappa shape index (κ2) is 17.4. The summed E-state index contributed by atoms with van der Waals surface area (Å²) < 4.78 is 21.3. The molecule has 0 N–H and O–H groups in total. The second-order valence-electron chi connectivity index (χ2n) is 12.2. The molecule has 4 aromatic carbocycles. The van der Waals surface area contributed by atoms with Crippen LogP contribution in [0, 0.1) is 37.5 Å². The number of aryl methyl sites for hydroxylation is 2. The molecule has 0 fully saturated rings. The van der Waals surface area contributed by atoms with E-state index in [0.29, 0.717) is 11.5 Å². The van der Waals surface area contributed by atoms with Gasteiger partial charge in [0.2, 0.25) is 0 Å². The minimum atomic E-state index is -0.472. The fourth-order valence-corrected chi connectivity index (χ4v) is 5.57. The Balaban J connectivity index is 1.08. The Morgan fingerprint density at radius 3 is 1.33 bits per heavy atom. The Hall–Kier alpha value is -7.16. The average Bonchev–Trinajstić information content (AvgIpc) is 3.19. The van der Waals surface area contributed by atoms with Crippen molar-refractivity contribution in [3.63, 3.8) is 0 Å². The van der Waals surface area contributed by atoms with Gasteiger partial charge < -0.3 is 18.9 Å². The number of rotatable bonds is 11. The van der Waals surface area contributed by atoms with Crippen molar-refractivity contribution in [2.24, 2.45) is 0 Å². The number of fused-ring (bicyclic) bond motifs is 2. The molecule has 266 valence electrons. The molecule has 0 unspecified atom stereocenters. The number of benzene rings is 4. The van der Waals surface area contributed by atoms with Crippen LogP contribution in [0.3, 0.4) is 0 Å². The van der Waals surface area contributed by atoms with E-state index < -0.39 is 11.9 Å². The molecule has 0 aliphatic rings. The first-order valence-electron chi connectivity index (χ1n) is 17.2. The zero-order chi connectivity index (χ0) is 37.9. The molecule has 0 saturated heterocycles. The second-order valence-corrected chi connectivity index (χ2v) is 12.2. The Morgan fingerprint density at radius 1 is 0.537 bits per heavy atom. The highest BCUT2D eigenvalue weighted by molar-refractivity contribution is 5.86. The number of nitrogens with zero attached hydrogens (tertiary/aromatic N) is 2. The van der Waals surface area contributed by atoms with Crippen LogP contribution in [0.1, 0.15) is 33.4 Å². The maximum Gasteiger partial charge on any atom is 0.330 e. The third-order valence-corrected chi connectivity index (χ3v) is 8.23. The maximum atomic E-state index is 11.2. The summed E-state index contributed by atoms with van der Waals surface area (Å²) in [7, 11) is 0. The topological polar surface area (TPSA) is 96.8 Å². The quantitative estimate of drug-likeness (QED) is 0.0576. The predicted molar refractivity (Wildman–Crippen MR) is 210 cm³/mol. The number of hydrogen-bond acceptors (Lipinski definition) is 8. The highest BCUT2D eigenvalue weighted by Crippen LogP contribution is 2.25. The molecule has 54 heavy (non-hydrogen) atoms. The van der Waals surface area contributed by atoms with E-state index in [-0.39, 0.29) is 26.4 Å². The number of hydrogen-bond donors (Lipinski definition) is 0. The molecule has 2 aromatic heterocycles. The summed E-state index contributed by atoms with van der Waals surface area (Å²) in [5.41, 5.74) is 6.93. The van der Waals surface area contributed by atoms with Gasteiger partial charge in [0.25, 0.3) is 0 Å². The largest absolute Gasteiger partial charge is 0.490 e. The number of carbonyl (C=O) groups excluding carboxylic acids is 2. The van der Waals surface area contributed by atoms with E-state index in [0.717, 1.165) is 78.5 Å². The molecule has 8 nitrogen and oxygen atoms in total. The van der Waals surface area contributed by atoms with E-state index in [1.807, 2.05) is 98.8 Å². The van der Waals surface area contributed by atoms with Crippen molar-refractivity contribution in [2.45, 2.75) is 13.8 Å². The van der Waals surface area contributed by atoms with Gasteiger partial charge in [-0.25, -0.2) is 9.59 Å². The Bertz CT molecular complexity index is 2360. The van der Waals surface area contributed by atoms with Gasteiger partial charge in [-0.1, -0.05) is 61.1 Å². The van der Waals surface area contributed by atoms with Gasteiger partial charge in [-0.05, 0) is 107 Å². The number of pyridine rings is 2. The van der Waals surface area contributed by atoms with Gasteiger partial charge in [0.05, 0.1) is 11.4 Å². The van der Waals surface area contributed by atoms with E-state index in [1.165, 1.54) is 0 Å². The molecule has 0 aliphatic heterocycles. The van der Waals surface area contributed by atoms with Crippen molar-refractivity contribution in [3.05, 3.63) is 156 Å². The van der Waals surface area contributed by atoms with Crippen molar-refractivity contribution in [3.8, 4) is 46.6 Å². The molecule has 2 heterocycles. The van der Waals surface area contributed by atoms with Gasteiger partial charge in [-0.15, -0.1) is 0 Å². The first-order valence-corrected chi connectivity index (χ1v) is 17.2. The van der Waals surface area contributed by atoms with Crippen molar-refractivity contribution < 1.29 is 28.5 Å². The van der Waals surface area contributed by atoms with Crippen LogP contribution < -0.4 is 9.47 Å². The van der Waals surface area contributed by atoms with Crippen LogP contribution in [0.25, 0.3) is 32.9 Å². The fraction of sp³-hybridized carbons (Fsp3) is 0.130. The lowest BCUT2D eigenvalue weighted by atomic mass is 10.0. The number of ether oxygens (including phenoxy) is 4. The lowest BCUT2D eigenvalue weighted by molar-refractivity contribution is -0.139. The number of aromatic nitrogens is 2. The van der Waals surface area contributed by atoms with Crippen LogP contribution in [0.15, 0.2) is 123 Å². The summed E-state index contributed by atoms with van der Waals surface area (Å²) in [6.07, 6.45) is 5.80. The molecule has 0 bridgehead atoms. The summed E-state index contributed by atoms with van der Waals surface area (Å²) in [6, 6.07) is 27.7. The molecule has 0 amide bonds.